The molecule has 1 heterocycles. The standard InChI is InChI=1S/C22H22N2O4/c1-2-28-19(25)16-8-4-5-9-17(16)23-20(26)22(12-13-22)21(27)24-14-11-15-7-3-6-10-18(15)24/h3-10H,2,11-14H2,1H3,(H,23,26). The molecule has 0 spiro atoms. The van der Waals surface area contributed by atoms with Crippen molar-refractivity contribution >= 4 is 29.2 Å². The van der Waals surface area contributed by atoms with E-state index in [1.165, 1.54) is 0 Å². The van der Waals surface area contributed by atoms with E-state index in [9.17, 15) is 14.4 Å². The zero-order valence-corrected chi connectivity index (χ0v) is 15.7. The van der Waals surface area contributed by atoms with Gasteiger partial charge in [0.2, 0.25) is 11.8 Å². The zero-order valence-electron chi connectivity index (χ0n) is 15.7. The van der Waals surface area contributed by atoms with Gasteiger partial charge in [0.15, 0.2) is 0 Å². The smallest absolute Gasteiger partial charge is 0.340 e. The summed E-state index contributed by atoms with van der Waals surface area (Å²) in [6.45, 7) is 2.56. The van der Waals surface area contributed by atoms with Crippen LogP contribution in [0.2, 0.25) is 0 Å². The summed E-state index contributed by atoms with van der Waals surface area (Å²) in [4.78, 5) is 40.1. The Labute approximate surface area is 163 Å². The minimum atomic E-state index is -1.06. The van der Waals surface area contributed by atoms with Crippen molar-refractivity contribution in [1.82, 2.24) is 0 Å². The molecule has 1 aliphatic carbocycles. The number of benzene rings is 2. The van der Waals surface area contributed by atoms with Gasteiger partial charge in [0.1, 0.15) is 5.41 Å². The highest BCUT2D eigenvalue weighted by Gasteiger charge is 2.58. The second kappa shape index (κ2) is 7.11. The lowest BCUT2D eigenvalue weighted by molar-refractivity contribution is -0.132. The molecular formula is C22H22N2O4. The maximum atomic E-state index is 13.2. The predicted octanol–water partition coefficient (Wildman–Crippen LogP) is 3.17. The fourth-order valence-electron chi connectivity index (χ4n) is 3.69. The fourth-order valence-corrected chi connectivity index (χ4v) is 3.69. The van der Waals surface area contributed by atoms with Crippen LogP contribution in [-0.2, 0) is 20.7 Å². The summed E-state index contributed by atoms with van der Waals surface area (Å²) in [7, 11) is 0. The Morgan fingerprint density at radius 1 is 1.07 bits per heavy atom. The Kier molecular flexibility index (Phi) is 4.63. The SMILES string of the molecule is CCOC(=O)c1ccccc1NC(=O)C1(C(=O)N2CCc3ccccc32)CC1. The van der Waals surface area contributed by atoms with Crippen molar-refractivity contribution in [2.75, 3.05) is 23.4 Å². The molecule has 2 aromatic carbocycles. The summed E-state index contributed by atoms with van der Waals surface area (Å²) in [5.41, 5.74) is 1.61. The number of amides is 2. The van der Waals surface area contributed by atoms with Gasteiger partial charge < -0.3 is 15.0 Å². The maximum Gasteiger partial charge on any atom is 0.340 e. The van der Waals surface area contributed by atoms with Gasteiger partial charge in [-0.05, 0) is 49.9 Å². The topological polar surface area (TPSA) is 75.7 Å². The van der Waals surface area contributed by atoms with Gasteiger partial charge in [0, 0.05) is 12.2 Å². The number of nitrogens with one attached hydrogen (secondary N) is 1. The number of esters is 1. The number of carbonyl (C=O) groups excluding carboxylic acids is 3. The number of anilines is 2. The largest absolute Gasteiger partial charge is 0.462 e. The Morgan fingerprint density at radius 2 is 1.79 bits per heavy atom. The molecule has 144 valence electrons. The van der Waals surface area contributed by atoms with E-state index < -0.39 is 11.4 Å². The third-order valence-electron chi connectivity index (χ3n) is 5.40. The first-order chi connectivity index (χ1) is 13.6. The van der Waals surface area contributed by atoms with Crippen LogP contribution in [0.15, 0.2) is 48.5 Å². The molecule has 1 aliphatic heterocycles. The van der Waals surface area contributed by atoms with Crippen LogP contribution in [0.25, 0.3) is 0 Å². The molecule has 1 fully saturated rings. The van der Waals surface area contributed by atoms with E-state index in [0.717, 1.165) is 17.7 Å². The molecule has 0 saturated heterocycles. The third-order valence-corrected chi connectivity index (χ3v) is 5.40. The molecule has 2 aromatic rings. The first-order valence-electron chi connectivity index (χ1n) is 9.54. The maximum absolute atomic E-state index is 13.2. The van der Waals surface area contributed by atoms with Gasteiger partial charge in [-0.1, -0.05) is 30.3 Å². The van der Waals surface area contributed by atoms with Gasteiger partial charge in [0.25, 0.3) is 0 Å². The van der Waals surface area contributed by atoms with E-state index in [1.807, 2.05) is 24.3 Å². The van der Waals surface area contributed by atoms with Crippen molar-refractivity contribution in [3.8, 4) is 0 Å². The summed E-state index contributed by atoms with van der Waals surface area (Å²) >= 11 is 0. The average Bonchev–Trinajstić information content (AvgIpc) is 3.41. The lowest BCUT2D eigenvalue weighted by atomic mass is 10.0. The number of rotatable bonds is 5. The minimum Gasteiger partial charge on any atom is -0.462 e. The van der Waals surface area contributed by atoms with Crippen molar-refractivity contribution in [1.29, 1.82) is 0 Å². The van der Waals surface area contributed by atoms with E-state index in [-0.39, 0.29) is 24.0 Å². The Balaban J connectivity index is 1.55. The van der Waals surface area contributed by atoms with Crippen LogP contribution in [0, 0.1) is 5.41 Å². The molecule has 0 aromatic heterocycles. The van der Waals surface area contributed by atoms with Crippen LogP contribution in [0.3, 0.4) is 0 Å². The Morgan fingerprint density at radius 3 is 2.54 bits per heavy atom. The van der Waals surface area contributed by atoms with Crippen LogP contribution >= 0.6 is 0 Å². The highest BCUT2D eigenvalue weighted by atomic mass is 16.5. The van der Waals surface area contributed by atoms with Gasteiger partial charge in [-0.3, -0.25) is 9.59 Å². The molecule has 2 aliphatic rings. The molecule has 28 heavy (non-hydrogen) atoms. The highest BCUT2D eigenvalue weighted by Crippen LogP contribution is 2.49. The van der Waals surface area contributed by atoms with Crippen LogP contribution in [0.4, 0.5) is 11.4 Å². The van der Waals surface area contributed by atoms with Crippen LogP contribution in [-0.4, -0.2) is 30.9 Å². The van der Waals surface area contributed by atoms with Gasteiger partial charge in [-0.2, -0.15) is 0 Å². The van der Waals surface area contributed by atoms with E-state index in [1.54, 1.807) is 36.1 Å². The van der Waals surface area contributed by atoms with Crippen molar-refractivity contribution in [2.24, 2.45) is 5.41 Å². The lowest BCUT2D eigenvalue weighted by Crippen LogP contribution is -2.42. The second-order valence-electron chi connectivity index (χ2n) is 7.14. The van der Waals surface area contributed by atoms with Gasteiger partial charge in [0.05, 0.1) is 17.9 Å². The summed E-state index contributed by atoms with van der Waals surface area (Å²) in [5.74, 6) is -1.02. The van der Waals surface area contributed by atoms with Crippen molar-refractivity contribution < 1.29 is 19.1 Å². The molecule has 1 N–H and O–H groups in total. The number of carbonyl (C=O) groups is 3. The molecule has 0 unspecified atom stereocenters. The number of nitrogens with zero attached hydrogens (tertiary/aromatic N) is 1. The number of hydrogen-bond donors (Lipinski definition) is 1. The molecule has 1 saturated carbocycles. The predicted molar refractivity (Wildman–Crippen MR) is 105 cm³/mol. The molecule has 0 bridgehead atoms. The normalized spacial score (nSPS) is 16.2. The van der Waals surface area contributed by atoms with E-state index in [0.29, 0.717) is 25.1 Å². The number of para-hydroxylation sites is 2. The molecule has 0 atom stereocenters. The first-order valence-corrected chi connectivity index (χ1v) is 9.54. The van der Waals surface area contributed by atoms with Gasteiger partial charge >= 0.3 is 5.97 Å². The van der Waals surface area contributed by atoms with Crippen molar-refractivity contribution in [2.45, 2.75) is 26.2 Å². The Bertz CT molecular complexity index is 949. The molecule has 6 heteroatoms. The monoisotopic (exact) mass is 378 g/mol. The van der Waals surface area contributed by atoms with E-state index >= 15 is 0 Å². The highest BCUT2D eigenvalue weighted by molar-refractivity contribution is 6.19. The van der Waals surface area contributed by atoms with Crippen molar-refractivity contribution in [3.63, 3.8) is 0 Å². The molecule has 0 radical (unpaired) electrons. The van der Waals surface area contributed by atoms with Crippen LogP contribution < -0.4 is 10.2 Å². The van der Waals surface area contributed by atoms with Crippen LogP contribution in [0.1, 0.15) is 35.7 Å². The number of ether oxygens (including phenoxy) is 1. The van der Waals surface area contributed by atoms with Crippen molar-refractivity contribution in [3.05, 3.63) is 59.7 Å². The first kappa shape index (κ1) is 18.2. The Hall–Kier alpha value is -3.15. The summed E-state index contributed by atoms with van der Waals surface area (Å²) in [6, 6.07) is 14.5. The zero-order chi connectivity index (χ0) is 19.7. The van der Waals surface area contributed by atoms with E-state index in [2.05, 4.69) is 5.32 Å². The molecule has 6 nitrogen and oxygen atoms in total. The number of hydrogen-bond acceptors (Lipinski definition) is 4. The summed E-state index contributed by atoms with van der Waals surface area (Å²) in [6.07, 6.45) is 1.82. The van der Waals surface area contributed by atoms with E-state index in [4.69, 9.17) is 4.74 Å². The molecule has 2 amide bonds. The summed E-state index contributed by atoms with van der Waals surface area (Å²) < 4.78 is 5.05. The van der Waals surface area contributed by atoms with Gasteiger partial charge in [-0.15, -0.1) is 0 Å². The quantitative estimate of drug-likeness (QED) is 0.640. The average molecular weight is 378 g/mol. The lowest BCUT2D eigenvalue weighted by Gasteiger charge is -2.23. The second-order valence-corrected chi connectivity index (χ2v) is 7.14. The molecular weight excluding hydrogens is 356 g/mol. The van der Waals surface area contributed by atoms with Gasteiger partial charge in [-0.25, -0.2) is 4.79 Å². The molecule has 4 rings (SSSR count). The summed E-state index contributed by atoms with van der Waals surface area (Å²) in [5, 5.41) is 2.79. The minimum absolute atomic E-state index is 0.163. The third kappa shape index (κ3) is 3.05. The number of fused-ring (bicyclic) bond motifs is 1. The van der Waals surface area contributed by atoms with Crippen LogP contribution in [0.5, 0.6) is 0 Å². The fraction of sp³-hybridized carbons (Fsp3) is 0.318.